The van der Waals surface area contributed by atoms with Crippen molar-refractivity contribution in [3.63, 3.8) is 0 Å². The van der Waals surface area contributed by atoms with Gasteiger partial charge in [0.15, 0.2) is 5.54 Å². The van der Waals surface area contributed by atoms with Crippen molar-refractivity contribution >= 4 is 40.6 Å². The molecule has 2 atom stereocenters. The van der Waals surface area contributed by atoms with Crippen LogP contribution in [0.4, 0.5) is 29.3 Å². The zero-order chi connectivity index (χ0) is 24.9. The van der Waals surface area contributed by atoms with Crippen molar-refractivity contribution in [3.8, 4) is 6.07 Å². The number of alkyl halides is 3. The maximum atomic E-state index is 15.0. The molecular formula is C24H16Cl2F3N3O2. The summed E-state index contributed by atoms with van der Waals surface area (Å²) in [5, 5.41) is 21.9. The molecule has 1 aliphatic heterocycles. The van der Waals surface area contributed by atoms with Crippen LogP contribution < -0.4 is 9.80 Å². The van der Waals surface area contributed by atoms with Crippen molar-refractivity contribution in [3.05, 3.63) is 94.0 Å². The largest absolute Gasteiger partial charge is 0.416 e. The Balaban J connectivity index is 2.09. The van der Waals surface area contributed by atoms with Gasteiger partial charge in [0.2, 0.25) is 5.72 Å². The van der Waals surface area contributed by atoms with Crippen molar-refractivity contribution in [2.24, 2.45) is 0 Å². The second-order valence-corrected chi connectivity index (χ2v) is 8.71. The Hall–Kier alpha value is -3.25. The average molecular weight is 506 g/mol. The lowest BCUT2D eigenvalue weighted by Gasteiger charge is -2.45. The highest BCUT2D eigenvalue weighted by Crippen LogP contribution is 2.57. The standard InChI is InChI=1S/C24H16Cl2F3N3O2/c1-22(24(27,28)29)23(34,16-4-2-3-15(13-16)14-30)32(20-11-7-18(26)8-12-20)21(33)31(22)19-9-5-17(25)6-10-19/h2-13,34H,1H3/t22-,23?/m0/s1. The predicted molar refractivity (Wildman–Crippen MR) is 123 cm³/mol. The second-order valence-electron chi connectivity index (χ2n) is 7.84. The van der Waals surface area contributed by atoms with E-state index < -0.39 is 23.5 Å². The molecule has 1 saturated heterocycles. The number of carbonyl (C=O) groups excluding carboxylic acids is 1. The van der Waals surface area contributed by atoms with Crippen LogP contribution in [-0.4, -0.2) is 22.9 Å². The number of aliphatic hydroxyl groups is 1. The first-order chi connectivity index (χ1) is 15.9. The molecule has 3 aromatic carbocycles. The van der Waals surface area contributed by atoms with Gasteiger partial charge in [-0.1, -0.05) is 35.3 Å². The summed E-state index contributed by atoms with van der Waals surface area (Å²) in [5.74, 6) is 0. The highest BCUT2D eigenvalue weighted by Gasteiger charge is 2.77. The third kappa shape index (κ3) is 3.40. The van der Waals surface area contributed by atoms with Crippen molar-refractivity contribution in [2.75, 3.05) is 9.80 Å². The van der Waals surface area contributed by atoms with Gasteiger partial charge in [-0.25, -0.2) is 4.79 Å². The number of rotatable bonds is 3. The Kier molecular flexibility index (Phi) is 5.76. The van der Waals surface area contributed by atoms with Gasteiger partial charge in [0.25, 0.3) is 0 Å². The van der Waals surface area contributed by atoms with Crippen LogP contribution in [0.5, 0.6) is 0 Å². The first-order valence-corrected chi connectivity index (χ1v) is 10.7. The lowest BCUT2D eigenvalue weighted by molar-refractivity contribution is -0.227. The minimum atomic E-state index is -5.12. The molecule has 2 amide bonds. The van der Waals surface area contributed by atoms with Gasteiger partial charge in [-0.05, 0) is 67.6 Å². The molecule has 1 heterocycles. The molecule has 0 spiro atoms. The fraction of sp³-hybridized carbons (Fsp3) is 0.167. The molecule has 1 aliphatic rings. The molecule has 34 heavy (non-hydrogen) atoms. The van der Waals surface area contributed by atoms with Gasteiger partial charge in [0, 0.05) is 27.0 Å². The third-order valence-electron chi connectivity index (χ3n) is 5.95. The van der Waals surface area contributed by atoms with Gasteiger partial charge in [-0.3, -0.25) is 9.80 Å². The van der Waals surface area contributed by atoms with Gasteiger partial charge in [0.1, 0.15) is 0 Å². The molecule has 0 bridgehead atoms. The molecule has 0 aliphatic carbocycles. The molecule has 3 aromatic rings. The number of benzene rings is 3. The molecular weight excluding hydrogens is 490 g/mol. The predicted octanol–water partition coefficient (Wildman–Crippen LogP) is 6.48. The number of hydrogen-bond acceptors (Lipinski definition) is 3. The van der Waals surface area contributed by atoms with Crippen LogP contribution in [0.25, 0.3) is 0 Å². The molecule has 5 nitrogen and oxygen atoms in total. The molecule has 1 unspecified atom stereocenters. The van der Waals surface area contributed by atoms with Crippen LogP contribution in [0.15, 0.2) is 72.8 Å². The van der Waals surface area contributed by atoms with Crippen molar-refractivity contribution in [2.45, 2.75) is 24.4 Å². The van der Waals surface area contributed by atoms with E-state index in [9.17, 15) is 28.3 Å². The van der Waals surface area contributed by atoms with Crippen LogP contribution >= 0.6 is 23.2 Å². The van der Waals surface area contributed by atoms with Gasteiger partial charge in [-0.15, -0.1) is 0 Å². The van der Waals surface area contributed by atoms with Crippen molar-refractivity contribution in [1.82, 2.24) is 0 Å². The van der Waals surface area contributed by atoms with Gasteiger partial charge in [-0.2, -0.15) is 18.4 Å². The van der Waals surface area contributed by atoms with E-state index >= 15 is 0 Å². The fourth-order valence-corrected chi connectivity index (χ4v) is 4.44. The summed E-state index contributed by atoms with van der Waals surface area (Å²) in [7, 11) is 0. The Morgan fingerprint density at radius 3 is 1.88 bits per heavy atom. The first kappa shape index (κ1) is 23.9. The number of nitriles is 1. The highest BCUT2D eigenvalue weighted by atomic mass is 35.5. The van der Waals surface area contributed by atoms with Gasteiger partial charge >= 0.3 is 12.2 Å². The van der Waals surface area contributed by atoms with E-state index in [2.05, 4.69) is 0 Å². The SMILES string of the molecule is C[C@]1(C(F)(F)F)N(c2ccc(Cl)cc2)C(=O)N(c2ccc(Cl)cc2)C1(O)c1cccc(C#N)c1. The quantitative estimate of drug-likeness (QED) is 0.443. The van der Waals surface area contributed by atoms with Crippen molar-refractivity contribution < 1.29 is 23.1 Å². The summed E-state index contributed by atoms with van der Waals surface area (Å²) in [6.45, 7) is 0.745. The Labute approximate surface area is 203 Å². The molecule has 174 valence electrons. The molecule has 1 N–H and O–H groups in total. The highest BCUT2D eigenvalue weighted by molar-refractivity contribution is 6.31. The fourth-order valence-electron chi connectivity index (χ4n) is 4.19. The van der Waals surface area contributed by atoms with E-state index in [0.29, 0.717) is 14.8 Å². The number of hydrogen-bond donors (Lipinski definition) is 1. The van der Waals surface area contributed by atoms with Crippen LogP contribution in [0.3, 0.4) is 0 Å². The maximum absolute atomic E-state index is 15.0. The number of carbonyl (C=O) groups is 1. The lowest BCUT2D eigenvalue weighted by Crippen LogP contribution is -2.66. The van der Waals surface area contributed by atoms with Gasteiger partial charge in [0.05, 0.1) is 11.6 Å². The van der Waals surface area contributed by atoms with E-state index in [1.165, 1.54) is 66.7 Å². The summed E-state index contributed by atoms with van der Waals surface area (Å²) in [5.41, 5.74) is -6.57. The number of amides is 2. The number of halogens is 5. The van der Waals surface area contributed by atoms with Crippen molar-refractivity contribution in [1.29, 1.82) is 5.26 Å². The Bertz CT molecular complexity index is 1290. The summed E-state index contributed by atoms with van der Waals surface area (Å²) in [4.78, 5) is 14.9. The minimum Gasteiger partial charge on any atom is -0.364 e. The van der Waals surface area contributed by atoms with E-state index in [4.69, 9.17) is 23.2 Å². The lowest BCUT2D eigenvalue weighted by atomic mass is 9.80. The molecule has 10 heteroatoms. The first-order valence-electron chi connectivity index (χ1n) is 9.90. The van der Waals surface area contributed by atoms with Crippen LogP contribution in [-0.2, 0) is 5.72 Å². The zero-order valence-electron chi connectivity index (χ0n) is 17.5. The number of urea groups is 1. The molecule has 1 fully saturated rings. The summed E-state index contributed by atoms with van der Waals surface area (Å²) in [6, 6.07) is 16.5. The second kappa shape index (κ2) is 8.20. The van der Waals surface area contributed by atoms with Crippen LogP contribution in [0, 0.1) is 11.3 Å². The van der Waals surface area contributed by atoms with E-state index in [-0.39, 0.29) is 27.5 Å². The summed E-state index contributed by atoms with van der Waals surface area (Å²) >= 11 is 11.9. The number of nitrogens with zero attached hydrogens (tertiary/aromatic N) is 3. The van der Waals surface area contributed by atoms with Gasteiger partial charge < -0.3 is 5.11 Å². The molecule has 4 rings (SSSR count). The summed E-state index contributed by atoms with van der Waals surface area (Å²) in [6.07, 6.45) is -5.12. The average Bonchev–Trinajstić information content (AvgIpc) is 2.99. The Morgan fingerprint density at radius 1 is 0.912 bits per heavy atom. The maximum Gasteiger partial charge on any atom is 0.416 e. The third-order valence-corrected chi connectivity index (χ3v) is 6.45. The number of anilines is 2. The minimum absolute atomic E-state index is 0.0175. The van der Waals surface area contributed by atoms with Crippen LogP contribution in [0.2, 0.25) is 10.0 Å². The topological polar surface area (TPSA) is 67.6 Å². The summed E-state index contributed by atoms with van der Waals surface area (Å²) < 4.78 is 44.9. The molecule has 0 radical (unpaired) electrons. The molecule has 0 aromatic heterocycles. The monoisotopic (exact) mass is 505 g/mol. The Morgan fingerprint density at radius 2 is 1.41 bits per heavy atom. The van der Waals surface area contributed by atoms with Crippen LogP contribution in [0.1, 0.15) is 18.1 Å². The van der Waals surface area contributed by atoms with E-state index in [1.807, 2.05) is 6.07 Å². The smallest absolute Gasteiger partial charge is 0.364 e. The zero-order valence-corrected chi connectivity index (χ0v) is 19.0. The van der Waals surface area contributed by atoms with E-state index in [0.717, 1.165) is 13.0 Å². The molecule has 0 saturated carbocycles. The van der Waals surface area contributed by atoms with E-state index in [1.54, 1.807) is 0 Å². The normalized spacial score (nSPS) is 22.7.